The first kappa shape index (κ1) is 20.4. The monoisotopic (exact) mass is 388 g/mol. The molecule has 0 saturated carbocycles. The standard InChI is InChI=1S/C20H21ClN2O4/c1-14-4-3-5-16(10-14)26-8-9-27-20-17(21)11-15(12-18(20)25-2)13-23-19(24)6-7-22/h3-5,10-12H,6,8-9,13H2,1-2H3,(H,23,24). The number of ether oxygens (including phenoxy) is 3. The van der Waals surface area contributed by atoms with Crippen molar-refractivity contribution in [3.05, 3.63) is 52.5 Å². The number of carbonyl (C=O) groups is 1. The predicted octanol–water partition coefficient (Wildman–Crippen LogP) is 3.64. The summed E-state index contributed by atoms with van der Waals surface area (Å²) in [6, 6.07) is 13.0. The van der Waals surface area contributed by atoms with Gasteiger partial charge in [0.25, 0.3) is 0 Å². The van der Waals surface area contributed by atoms with Gasteiger partial charge in [0.2, 0.25) is 5.91 Å². The fourth-order valence-corrected chi connectivity index (χ4v) is 2.65. The third-order valence-electron chi connectivity index (χ3n) is 3.61. The molecule has 0 aliphatic rings. The molecule has 0 aliphatic carbocycles. The Morgan fingerprint density at radius 1 is 1.22 bits per heavy atom. The number of carbonyl (C=O) groups excluding carboxylic acids is 1. The van der Waals surface area contributed by atoms with Crippen molar-refractivity contribution in [2.45, 2.75) is 19.9 Å². The molecule has 142 valence electrons. The molecule has 1 amide bonds. The first-order valence-corrected chi connectivity index (χ1v) is 8.73. The van der Waals surface area contributed by atoms with Gasteiger partial charge in [-0.25, -0.2) is 0 Å². The Hall–Kier alpha value is -2.91. The molecule has 0 bridgehead atoms. The minimum absolute atomic E-state index is 0.187. The van der Waals surface area contributed by atoms with Gasteiger partial charge in [0.05, 0.1) is 18.2 Å². The van der Waals surface area contributed by atoms with Crippen LogP contribution >= 0.6 is 11.6 Å². The number of hydrogen-bond acceptors (Lipinski definition) is 5. The topological polar surface area (TPSA) is 80.6 Å². The van der Waals surface area contributed by atoms with E-state index in [4.69, 9.17) is 31.1 Å². The molecule has 0 fully saturated rings. The molecule has 2 rings (SSSR count). The number of nitriles is 1. The number of nitrogens with zero attached hydrogens (tertiary/aromatic N) is 1. The number of amides is 1. The van der Waals surface area contributed by atoms with Gasteiger partial charge in [-0.05, 0) is 42.3 Å². The molecular weight excluding hydrogens is 368 g/mol. The van der Waals surface area contributed by atoms with Gasteiger partial charge < -0.3 is 19.5 Å². The van der Waals surface area contributed by atoms with Crippen molar-refractivity contribution >= 4 is 17.5 Å². The Kier molecular flexibility index (Phi) is 7.78. The van der Waals surface area contributed by atoms with Crippen molar-refractivity contribution in [1.29, 1.82) is 5.26 Å². The summed E-state index contributed by atoms with van der Waals surface area (Å²) >= 11 is 6.30. The number of benzene rings is 2. The lowest BCUT2D eigenvalue weighted by molar-refractivity contribution is -0.120. The van der Waals surface area contributed by atoms with Crippen molar-refractivity contribution in [2.75, 3.05) is 20.3 Å². The van der Waals surface area contributed by atoms with E-state index in [1.165, 1.54) is 7.11 Å². The summed E-state index contributed by atoms with van der Waals surface area (Å²) in [5.41, 5.74) is 1.86. The van der Waals surface area contributed by atoms with Crippen LogP contribution in [0.3, 0.4) is 0 Å². The number of methoxy groups -OCH3 is 1. The van der Waals surface area contributed by atoms with Gasteiger partial charge in [0.1, 0.15) is 25.4 Å². The van der Waals surface area contributed by atoms with Crippen LogP contribution in [0.15, 0.2) is 36.4 Å². The molecule has 0 radical (unpaired) electrons. The van der Waals surface area contributed by atoms with Gasteiger partial charge in [-0.3, -0.25) is 4.79 Å². The molecule has 2 aromatic carbocycles. The van der Waals surface area contributed by atoms with E-state index >= 15 is 0 Å². The lowest BCUT2D eigenvalue weighted by Crippen LogP contribution is -2.21. The average Bonchev–Trinajstić information content (AvgIpc) is 2.64. The van der Waals surface area contributed by atoms with Crippen LogP contribution < -0.4 is 19.5 Å². The molecule has 0 heterocycles. The molecule has 0 unspecified atom stereocenters. The summed E-state index contributed by atoms with van der Waals surface area (Å²) in [6.45, 7) is 2.89. The molecule has 1 N–H and O–H groups in total. The largest absolute Gasteiger partial charge is 0.493 e. The zero-order valence-corrected chi connectivity index (χ0v) is 16.0. The van der Waals surface area contributed by atoms with E-state index in [0.717, 1.165) is 16.9 Å². The molecule has 27 heavy (non-hydrogen) atoms. The maximum absolute atomic E-state index is 11.4. The Morgan fingerprint density at radius 3 is 2.70 bits per heavy atom. The maximum Gasteiger partial charge on any atom is 0.234 e. The Labute approximate surface area is 163 Å². The van der Waals surface area contributed by atoms with Crippen LogP contribution in [-0.4, -0.2) is 26.2 Å². The number of hydrogen-bond donors (Lipinski definition) is 1. The van der Waals surface area contributed by atoms with E-state index in [2.05, 4.69) is 5.32 Å². The van der Waals surface area contributed by atoms with Crippen LogP contribution in [0.1, 0.15) is 17.5 Å². The van der Waals surface area contributed by atoms with Crippen molar-refractivity contribution < 1.29 is 19.0 Å². The molecule has 0 saturated heterocycles. The fraction of sp³-hybridized carbons (Fsp3) is 0.300. The number of rotatable bonds is 9. The summed E-state index contributed by atoms with van der Waals surface area (Å²) in [4.78, 5) is 11.4. The zero-order valence-electron chi connectivity index (χ0n) is 15.3. The molecule has 0 atom stereocenters. The van der Waals surface area contributed by atoms with E-state index in [1.54, 1.807) is 18.2 Å². The van der Waals surface area contributed by atoms with E-state index in [1.807, 2.05) is 31.2 Å². The number of halogens is 1. The normalized spacial score (nSPS) is 10.0. The van der Waals surface area contributed by atoms with Crippen LogP contribution in [0.4, 0.5) is 0 Å². The lowest BCUT2D eigenvalue weighted by Gasteiger charge is -2.15. The molecule has 0 spiro atoms. The van der Waals surface area contributed by atoms with E-state index in [9.17, 15) is 4.79 Å². The predicted molar refractivity (Wildman–Crippen MR) is 102 cm³/mol. The van der Waals surface area contributed by atoms with Crippen LogP contribution in [-0.2, 0) is 11.3 Å². The first-order chi connectivity index (χ1) is 13.0. The van der Waals surface area contributed by atoms with Gasteiger partial charge >= 0.3 is 0 Å². The molecule has 2 aromatic rings. The van der Waals surface area contributed by atoms with Crippen LogP contribution in [0.25, 0.3) is 0 Å². The van der Waals surface area contributed by atoms with Crippen LogP contribution in [0, 0.1) is 18.3 Å². The van der Waals surface area contributed by atoms with Gasteiger partial charge in [0.15, 0.2) is 11.5 Å². The number of nitrogens with one attached hydrogen (secondary N) is 1. The Bertz CT molecular complexity index is 833. The highest BCUT2D eigenvalue weighted by molar-refractivity contribution is 6.32. The zero-order chi connectivity index (χ0) is 19.6. The lowest BCUT2D eigenvalue weighted by atomic mass is 10.2. The average molecular weight is 389 g/mol. The number of aryl methyl sites for hydroxylation is 1. The molecule has 7 heteroatoms. The highest BCUT2D eigenvalue weighted by atomic mass is 35.5. The highest BCUT2D eigenvalue weighted by Crippen LogP contribution is 2.36. The highest BCUT2D eigenvalue weighted by Gasteiger charge is 2.13. The third kappa shape index (κ3) is 6.39. The molecular formula is C20H21ClN2O4. The summed E-state index contributed by atoms with van der Waals surface area (Å²) in [5.74, 6) is 1.31. The second-order valence-corrected chi connectivity index (χ2v) is 6.14. The summed E-state index contributed by atoms with van der Waals surface area (Å²) < 4.78 is 16.7. The summed E-state index contributed by atoms with van der Waals surface area (Å²) in [6.07, 6.45) is -0.187. The van der Waals surface area contributed by atoms with Gasteiger partial charge in [-0.15, -0.1) is 0 Å². The van der Waals surface area contributed by atoms with E-state index < -0.39 is 0 Å². The van der Waals surface area contributed by atoms with Crippen LogP contribution in [0.2, 0.25) is 5.02 Å². The molecule has 6 nitrogen and oxygen atoms in total. The van der Waals surface area contributed by atoms with Crippen molar-refractivity contribution in [3.8, 4) is 23.3 Å². The maximum atomic E-state index is 11.4. The SMILES string of the molecule is COc1cc(CNC(=O)CC#N)cc(Cl)c1OCCOc1cccc(C)c1. The quantitative estimate of drug-likeness (QED) is 0.663. The molecule has 0 aromatic heterocycles. The second kappa shape index (κ2) is 10.3. The Balaban J connectivity index is 1.93. The van der Waals surface area contributed by atoms with Crippen LogP contribution in [0.5, 0.6) is 17.2 Å². The van der Waals surface area contributed by atoms with Crippen molar-refractivity contribution in [3.63, 3.8) is 0 Å². The Morgan fingerprint density at radius 2 is 2.00 bits per heavy atom. The van der Waals surface area contributed by atoms with Gasteiger partial charge in [0, 0.05) is 6.54 Å². The van der Waals surface area contributed by atoms with Crippen molar-refractivity contribution in [1.82, 2.24) is 5.32 Å². The van der Waals surface area contributed by atoms with E-state index in [0.29, 0.717) is 29.7 Å². The second-order valence-electron chi connectivity index (χ2n) is 5.73. The smallest absolute Gasteiger partial charge is 0.234 e. The first-order valence-electron chi connectivity index (χ1n) is 8.35. The molecule has 0 aliphatic heterocycles. The van der Waals surface area contributed by atoms with E-state index in [-0.39, 0.29) is 18.9 Å². The van der Waals surface area contributed by atoms with Gasteiger partial charge in [-0.2, -0.15) is 5.26 Å². The van der Waals surface area contributed by atoms with Crippen molar-refractivity contribution in [2.24, 2.45) is 0 Å². The minimum atomic E-state index is -0.346. The minimum Gasteiger partial charge on any atom is -0.493 e. The summed E-state index contributed by atoms with van der Waals surface area (Å²) in [5, 5.41) is 11.5. The summed E-state index contributed by atoms with van der Waals surface area (Å²) in [7, 11) is 1.51. The van der Waals surface area contributed by atoms with Gasteiger partial charge in [-0.1, -0.05) is 23.7 Å². The third-order valence-corrected chi connectivity index (χ3v) is 3.89. The fourth-order valence-electron chi connectivity index (χ4n) is 2.36.